The van der Waals surface area contributed by atoms with Crippen LogP contribution in [0.5, 0.6) is 5.75 Å². The number of alkyl halides is 2. The molecule has 0 bridgehead atoms. The molecule has 0 radical (unpaired) electrons. The first kappa shape index (κ1) is 21.5. The molecule has 1 saturated heterocycles. The molecule has 2 unspecified atom stereocenters. The molecule has 2 aliphatic rings. The van der Waals surface area contributed by atoms with Crippen LogP contribution >= 0.6 is 0 Å². The summed E-state index contributed by atoms with van der Waals surface area (Å²) in [5.74, 6) is 0.796. The van der Waals surface area contributed by atoms with Crippen LogP contribution < -0.4 is 4.74 Å². The van der Waals surface area contributed by atoms with E-state index in [2.05, 4.69) is 6.92 Å². The van der Waals surface area contributed by atoms with Gasteiger partial charge in [-0.3, -0.25) is 0 Å². The van der Waals surface area contributed by atoms with Gasteiger partial charge >= 0.3 is 0 Å². The van der Waals surface area contributed by atoms with Crippen molar-refractivity contribution in [2.24, 2.45) is 17.8 Å². The van der Waals surface area contributed by atoms with E-state index in [4.69, 9.17) is 9.47 Å². The molecule has 2 fully saturated rings. The van der Waals surface area contributed by atoms with E-state index in [9.17, 15) is 13.2 Å². The molecule has 5 heteroatoms. The van der Waals surface area contributed by atoms with Crippen molar-refractivity contribution >= 4 is 0 Å². The van der Waals surface area contributed by atoms with Gasteiger partial charge in [0.15, 0.2) is 0 Å². The van der Waals surface area contributed by atoms with E-state index in [1.807, 2.05) is 0 Å². The molecule has 1 aromatic carbocycles. The molecule has 0 aromatic heterocycles. The number of benzene rings is 1. The van der Waals surface area contributed by atoms with Gasteiger partial charge in [0.05, 0.1) is 18.3 Å². The molecule has 28 heavy (non-hydrogen) atoms. The molecule has 0 N–H and O–H groups in total. The van der Waals surface area contributed by atoms with Crippen LogP contribution in [0.2, 0.25) is 0 Å². The number of halogens is 3. The van der Waals surface area contributed by atoms with Crippen LogP contribution in [0.25, 0.3) is 0 Å². The van der Waals surface area contributed by atoms with Crippen LogP contribution in [0.4, 0.5) is 13.2 Å². The number of aryl methyl sites for hydroxylation is 1. The number of hydrogen-bond donors (Lipinski definition) is 0. The molecule has 2 atom stereocenters. The second-order valence-electron chi connectivity index (χ2n) is 8.60. The van der Waals surface area contributed by atoms with Gasteiger partial charge in [0.1, 0.15) is 11.6 Å². The highest BCUT2D eigenvalue weighted by atomic mass is 19.3. The predicted octanol–water partition coefficient (Wildman–Crippen LogP) is 6.85. The lowest BCUT2D eigenvalue weighted by Gasteiger charge is -2.37. The quantitative estimate of drug-likeness (QED) is 0.500. The highest BCUT2D eigenvalue weighted by molar-refractivity contribution is 5.39. The van der Waals surface area contributed by atoms with Crippen molar-refractivity contribution in [3.63, 3.8) is 0 Å². The van der Waals surface area contributed by atoms with Crippen molar-refractivity contribution < 1.29 is 22.6 Å². The van der Waals surface area contributed by atoms with Crippen LogP contribution in [0, 0.1) is 30.5 Å². The standard InChI is InChI=1S/C23H33F3O2/c1-3-4-16-8-12-19(27-13-16)18-9-6-17(7-10-18)14-28-20-11-5-15(2)22(24)21(20)23(25)26/h5,11,16-19,23H,3-4,6-10,12-14H2,1-2H3. The van der Waals surface area contributed by atoms with Crippen molar-refractivity contribution in [2.45, 2.75) is 77.7 Å². The van der Waals surface area contributed by atoms with Gasteiger partial charge in [-0.2, -0.15) is 0 Å². The third-order valence-electron chi connectivity index (χ3n) is 6.55. The van der Waals surface area contributed by atoms with Crippen LogP contribution in [0.3, 0.4) is 0 Å². The van der Waals surface area contributed by atoms with E-state index in [1.165, 1.54) is 38.3 Å². The lowest BCUT2D eigenvalue weighted by Crippen LogP contribution is -2.34. The molecule has 1 aliphatic heterocycles. The Hall–Kier alpha value is -1.23. The first-order chi connectivity index (χ1) is 13.5. The van der Waals surface area contributed by atoms with E-state index < -0.39 is 17.8 Å². The van der Waals surface area contributed by atoms with Gasteiger partial charge in [0.2, 0.25) is 0 Å². The van der Waals surface area contributed by atoms with E-state index >= 15 is 0 Å². The summed E-state index contributed by atoms with van der Waals surface area (Å²) < 4.78 is 52.3. The van der Waals surface area contributed by atoms with Gasteiger partial charge in [-0.15, -0.1) is 0 Å². The fourth-order valence-corrected chi connectivity index (χ4v) is 4.78. The molecular weight excluding hydrogens is 365 g/mol. The maximum Gasteiger partial charge on any atom is 0.270 e. The van der Waals surface area contributed by atoms with Gasteiger partial charge in [-0.25, -0.2) is 13.2 Å². The molecular formula is C23H33F3O2. The number of hydrogen-bond acceptors (Lipinski definition) is 2. The zero-order valence-corrected chi connectivity index (χ0v) is 17.1. The highest BCUT2D eigenvalue weighted by Crippen LogP contribution is 2.38. The summed E-state index contributed by atoms with van der Waals surface area (Å²) in [5, 5.41) is 0. The number of ether oxygens (including phenoxy) is 2. The van der Waals surface area contributed by atoms with E-state index in [0.29, 0.717) is 24.5 Å². The zero-order valence-electron chi connectivity index (χ0n) is 17.1. The Kier molecular flexibility index (Phi) is 7.67. The van der Waals surface area contributed by atoms with E-state index in [0.717, 1.165) is 44.6 Å². The van der Waals surface area contributed by atoms with Crippen molar-refractivity contribution in [3.05, 3.63) is 29.1 Å². The molecule has 1 saturated carbocycles. The summed E-state index contributed by atoms with van der Waals surface area (Å²) in [7, 11) is 0. The third-order valence-corrected chi connectivity index (χ3v) is 6.55. The minimum atomic E-state index is -2.87. The van der Waals surface area contributed by atoms with Gasteiger partial charge in [-0.05, 0) is 81.3 Å². The second kappa shape index (κ2) is 10.00. The molecule has 3 rings (SSSR count). The second-order valence-corrected chi connectivity index (χ2v) is 8.60. The average Bonchev–Trinajstić information content (AvgIpc) is 2.70. The fraction of sp³-hybridized carbons (Fsp3) is 0.739. The smallest absolute Gasteiger partial charge is 0.270 e. The predicted molar refractivity (Wildman–Crippen MR) is 104 cm³/mol. The normalized spacial score (nSPS) is 28.5. The minimum Gasteiger partial charge on any atom is -0.493 e. The summed E-state index contributed by atoms with van der Waals surface area (Å²) in [6, 6.07) is 2.97. The van der Waals surface area contributed by atoms with E-state index in [1.54, 1.807) is 0 Å². The Morgan fingerprint density at radius 1 is 1.07 bits per heavy atom. The zero-order chi connectivity index (χ0) is 20.1. The monoisotopic (exact) mass is 398 g/mol. The lowest BCUT2D eigenvalue weighted by atomic mass is 9.77. The van der Waals surface area contributed by atoms with E-state index in [-0.39, 0.29) is 11.3 Å². The van der Waals surface area contributed by atoms with Crippen LogP contribution in [0.1, 0.15) is 75.8 Å². The Morgan fingerprint density at radius 3 is 2.39 bits per heavy atom. The maximum atomic E-state index is 14.0. The Bertz CT molecular complexity index is 619. The molecule has 0 amide bonds. The van der Waals surface area contributed by atoms with Gasteiger partial charge in [-0.1, -0.05) is 19.4 Å². The first-order valence-corrected chi connectivity index (χ1v) is 10.8. The Labute approximate surface area is 166 Å². The van der Waals surface area contributed by atoms with Gasteiger partial charge in [0.25, 0.3) is 6.43 Å². The third kappa shape index (κ3) is 5.22. The van der Waals surface area contributed by atoms with Crippen LogP contribution in [0.15, 0.2) is 12.1 Å². The maximum absolute atomic E-state index is 14.0. The highest BCUT2D eigenvalue weighted by Gasteiger charge is 2.32. The van der Waals surface area contributed by atoms with Crippen LogP contribution in [-0.2, 0) is 4.74 Å². The van der Waals surface area contributed by atoms with Crippen molar-refractivity contribution in [3.8, 4) is 5.75 Å². The van der Waals surface area contributed by atoms with Crippen molar-refractivity contribution in [2.75, 3.05) is 13.2 Å². The molecule has 158 valence electrons. The van der Waals surface area contributed by atoms with Crippen molar-refractivity contribution in [1.82, 2.24) is 0 Å². The summed E-state index contributed by atoms with van der Waals surface area (Å²) in [5.41, 5.74) is -0.386. The topological polar surface area (TPSA) is 18.5 Å². The van der Waals surface area contributed by atoms with Gasteiger partial charge in [0, 0.05) is 6.61 Å². The number of rotatable bonds is 7. The summed E-state index contributed by atoms with van der Waals surface area (Å²) in [6.45, 7) is 4.99. The molecule has 1 aliphatic carbocycles. The van der Waals surface area contributed by atoms with Gasteiger partial charge < -0.3 is 9.47 Å². The fourth-order valence-electron chi connectivity index (χ4n) is 4.78. The first-order valence-electron chi connectivity index (χ1n) is 10.8. The SMILES string of the molecule is CCCC1CCC(C2CCC(COc3ccc(C)c(F)c3C(F)F)CC2)OC1. The Balaban J connectivity index is 1.46. The summed E-state index contributed by atoms with van der Waals surface area (Å²) >= 11 is 0. The average molecular weight is 399 g/mol. The molecule has 0 spiro atoms. The van der Waals surface area contributed by atoms with Crippen molar-refractivity contribution in [1.29, 1.82) is 0 Å². The molecule has 1 heterocycles. The lowest BCUT2D eigenvalue weighted by molar-refractivity contribution is -0.0605. The summed E-state index contributed by atoms with van der Waals surface area (Å²) in [6.07, 6.45) is 6.66. The van der Waals surface area contributed by atoms with Crippen LogP contribution in [-0.4, -0.2) is 19.3 Å². The Morgan fingerprint density at radius 2 is 1.79 bits per heavy atom. The molecule has 1 aromatic rings. The summed E-state index contributed by atoms with van der Waals surface area (Å²) in [4.78, 5) is 0. The minimum absolute atomic E-state index is 0.0159. The largest absolute Gasteiger partial charge is 0.493 e. The molecule has 2 nitrogen and oxygen atoms in total.